The summed E-state index contributed by atoms with van der Waals surface area (Å²) in [6.07, 6.45) is 0. The maximum absolute atomic E-state index is 5.72. The van der Waals surface area contributed by atoms with Gasteiger partial charge in [0.15, 0.2) is 0 Å². The average molecular weight is 201 g/mol. The van der Waals surface area contributed by atoms with E-state index in [0.29, 0.717) is 12.0 Å². The molecule has 3 heteroatoms. The number of nitrogens with one attached hydrogen (secondary N) is 1. The van der Waals surface area contributed by atoms with Crippen LogP contribution >= 0.6 is 0 Å². The molecule has 1 atom stereocenters. The highest BCUT2D eigenvalue weighted by atomic mass is 14.9. The Kier molecular flexibility index (Phi) is 5.06. The van der Waals surface area contributed by atoms with Crippen molar-refractivity contribution in [2.75, 3.05) is 19.6 Å². The Hall–Kier alpha value is -0.120. The van der Waals surface area contributed by atoms with Crippen LogP contribution in [0.2, 0.25) is 0 Å². The zero-order chi connectivity index (χ0) is 11.4. The minimum Gasteiger partial charge on any atom is -0.329 e. The molecule has 0 saturated carbocycles. The van der Waals surface area contributed by atoms with Gasteiger partial charge >= 0.3 is 0 Å². The topological polar surface area (TPSA) is 64.1 Å². The molecular weight excluding hydrogens is 174 g/mol. The lowest BCUT2D eigenvalue weighted by Gasteiger charge is -2.39. The van der Waals surface area contributed by atoms with Crippen LogP contribution in [0.4, 0.5) is 0 Å². The number of rotatable bonds is 5. The molecule has 0 bridgehead atoms. The Balaban J connectivity index is 3.89. The molecule has 0 rings (SSSR count). The van der Waals surface area contributed by atoms with E-state index in [0.717, 1.165) is 13.1 Å². The molecule has 0 saturated heterocycles. The summed E-state index contributed by atoms with van der Waals surface area (Å²) in [5, 5.41) is 3.38. The van der Waals surface area contributed by atoms with Gasteiger partial charge in [-0.2, -0.15) is 0 Å². The minimum atomic E-state index is 0.0748. The van der Waals surface area contributed by atoms with Gasteiger partial charge in [0.25, 0.3) is 0 Å². The smallest absolute Gasteiger partial charge is 0.0290 e. The molecule has 0 aliphatic carbocycles. The van der Waals surface area contributed by atoms with Crippen molar-refractivity contribution >= 4 is 0 Å². The number of nitrogens with two attached hydrogens (primary N) is 2. The lowest BCUT2D eigenvalue weighted by Crippen LogP contribution is -2.45. The van der Waals surface area contributed by atoms with Crippen LogP contribution in [0.1, 0.15) is 34.6 Å². The fourth-order valence-electron chi connectivity index (χ4n) is 0.919. The van der Waals surface area contributed by atoms with E-state index in [4.69, 9.17) is 11.5 Å². The van der Waals surface area contributed by atoms with E-state index in [-0.39, 0.29) is 11.5 Å². The third kappa shape index (κ3) is 4.40. The van der Waals surface area contributed by atoms with Gasteiger partial charge in [0.2, 0.25) is 0 Å². The molecule has 0 aromatic rings. The van der Waals surface area contributed by atoms with Crippen molar-refractivity contribution in [2.45, 2.75) is 40.7 Å². The Bertz CT molecular complexity index is 158. The van der Waals surface area contributed by atoms with Crippen LogP contribution in [0, 0.1) is 10.8 Å². The highest BCUT2D eigenvalue weighted by Gasteiger charge is 2.32. The Morgan fingerprint density at radius 3 is 2.00 bits per heavy atom. The van der Waals surface area contributed by atoms with Gasteiger partial charge < -0.3 is 16.8 Å². The number of hydrogen-bond acceptors (Lipinski definition) is 3. The minimum absolute atomic E-state index is 0.0748. The van der Waals surface area contributed by atoms with Crippen LogP contribution in [-0.4, -0.2) is 25.7 Å². The molecule has 86 valence electrons. The predicted octanol–water partition coefficient (Wildman–Crippen LogP) is 0.934. The molecule has 0 radical (unpaired) electrons. The second-order valence-electron chi connectivity index (χ2n) is 5.76. The Labute approximate surface area is 88.6 Å². The molecular formula is C11H27N3. The largest absolute Gasteiger partial charge is 0.329 e. The summed E-state index contributed by atoms with van der Waals surface area (Å²) in [7, 11) is 0. The van der Waals surface area contributed by atoms with Gasteiger partial charge in [-0.05, 0) is 10.8 Å². The molecule has 0 amide bonds. The lowest BCUT2D eigenvalue weighted by molar-refractivity contribution is 0.129. The molecule has 1 unspecified atom stereocenters. The maximum Gasteiger partial charge on any atom is 0.0290 e. The van der Waals surface area contributed by atoms with Crippen molar-refractivity contribution in [3.05, 3.63) is 0 Å². The van der Waals surface area contributed by atoms with E-state index < -0.39 is 0 Å². The van der Waals surface area contributed by atoms with Gasteiger partial charge in [0.05, 0.1) is 0 Å². The van der Waals surface area contributed by atoms with E-state index >= 15 is 0 Å². The second-order valence-corrected chi connectivity index (χ2v) is 5.76. The first-order valence-corrected chi connectivity index (χ1v) is 5.37. The fourth-order valence-corrected chi connectivity index (χ4v) is 0.919. The molecule has 3 nitrogen and oxygen atoms in total. The predicted molar refractivity (Wildman–Crippen MR) is 63.1 cm³/mol. The van der Waals surface area contributed by atoms with Crippen molar-refractivity contribution in [1.82, 2.24) is 5.32 Å². The van der Waals surface area contributed by atoms with Gasteiger partial charge in [0.1, 0.15) is 0 Å². The maximum atomic E-state index is 5.72. The second kappa shape index (κ2) is 5.10. The summed E-state index contributed by atoms with van der Waals surface area (Å²) in [5.74, 6) is 0. The molecule has 0 heterocycles. The lowest BCUT2D eigenvalue weighted by atomic mass is 9.69. The number of hydrogen-bond donors (Lipinski definition) is 3. The average Bonchev–Trinajstić information content (AvgIpc) is 2.01. The highest BCUT2D eigenvalue weighted by molar-refractivity contribution is 4.84. The van der Waals surface area contributed by atoms with Gasteiger partial charge in [-0.3, -0.25) is 0 Å². The van der Waals surface area contributed by atoms with E-state index in [1.807, 2.05) is 0 Å². The summed E-state index contributed by atoms with van der Waals surface area (Å²) in [6.45, 7) is 13.7. The molecule has 0 fully saturated rings. The monoisotopic (exact) mass is 201 g/mol. The molecule has 0 aliphatic heterocycles. The summed E-state index contributed by atoms with van der Waals surface area (Å²) in [4.78, 5) is 0. The molecule has 14 heavy (non-hydrogen) atoms. The van der Waals surface area contributed by atoms with Crippen molar-refractivity contribution in [2.24, 2.45) is 22.3 Å². The highest BCUT2D eigenvalue weighted by Crippen LogP contribution is 2.36. The van der Waals surface area contributed by atoms with Crippen molar-refractivity contribution < 1.29 is 0 Å². The first kappa shape index (κ1) is 13.9. The van der Waals surface area contributed by atoms with Gasteiger partial charge in [-0.1, -0.05) is 34.6 Å². The summed E-state index contributed by atoms with van der Waals surface area (Å²) in [5.41, 5.74) is 11.7. The molecule has 0 aromatic carbocycles. The molecule has 0 aliphatic rings. The first-order chi connectivity index (χ1) is 6.20. The van der Waals surface area contributed by atoms with Crippen LogP contribution in [0.25, 0.3) is 0 Å². The van der Waals surface area contributed by atoms with Crippen LogP contribution in [0.5, 0.6) is 0 Å². The van der Waals surface area contributed by atoms with E-state index in [9.17, 15) is 0 Å². The molecule has 0 aromatic heterocycles. The SMILES string of the molecule is CC(C)(C)C(C)(C)CNCC(N)CN. The zero-order valence-corrected chi connectivity index (χ0v) is 10.4. The van der Waals surface area contributed by atoms with Crippen LogP contribution in [0.3, 0.4) is 0 Å². The standard InChI is InChI=1S/C11H27N3/c1-10(2,3)11(4,5)8-14-7-9(13)6-12/h9,14H,6-8,12-13H2,1-5H3. The summed E-state index contributed by atoms with van der Waals surface area (Å²) in [6, 6.07) is 0.0748. The van der Waals surface area contributed by atoms with Crippen molar-refractivity contribution in [3.63, 3.8) is 0 Å². The third-order valence-electron chi connectivity index (χ3n) is 3.31. The zero-order valence-electron chi connectivity index (χ0n) is 10.4. The Morgan fingerprint density at radius 2 is 1.64 bits per heavy atom. The summed E-state index contributed by atoms with van der Waals surface area (Å²) < 4.78 is 0. The van der Waals surface area contributed by atoms with Crippen LogP contribution in [0.15, 0.2) is 0 Å². The summed E-state index contributed by atoms with van der Waals surface area (Å²) >= 11 is 0. The van der Waals surface area contributed by atoms with E-state index in [1.54, 1.807) is 0 Å². The van der Waals surface area contributed by atoms with E-state index in [1.165, 1.54) is 0 Å². The van der Waals surface area contributed by atoms with Crippen LogP contribution < -0.4 is 16.8 Å². The normalized spacial score (nSPS) is 15.6. The quantitative estimate of drug-likeness (QED) is 0.620. The van der Waals surface area contributed by atoms with Crippen LogP contribution in [-0.2, 0) is 0 Å². The van der Waals surface area contributed by atoms with Gasteiger partial charge in [0, 0.05) is 25.7 Å². The first-order valence-electron chi connectivity index (χ1n) is 5.37. The van der Waals surface area contributed by atoms with Crippen molar-refractivity contribution in [3.8, 4) is 0 Å². The fraction of sp³-hybridized carbons (Fsp3) is 1.00. The van der Waals surface area contributed by atoms with Gasteiger partial charge in [-0.15, -0.1) is 0 Å². The van der Waals surface area contributed by atoms with Gasteiger partial charge in [-0.25, -0.2) is 0 Å². The molecule has 0 spiro atoms. The molecule has 5 N–H and O–H groups in total. The Morgan fingerprint density at radius 1 is 1.14 bits per heavy atom. The van der Waals surface area contributed by atoms with E-state index in [2.05, 4.69) is 39.9 Å². The van der Waals surface area contributed by atoms with Crippen molar-refractivity contribution in [1.29, 1.82) is 0 Å². The third-order valence-corrected chi connectivity index (χ3v) is 3.31.